The molecule has 1 aliphatic heterocycles. The number of fused-ring (bicyclic) bond motifs is 1. The Labute approximate surface area is 105 Å². The van der Waals surface area contributed by atoms with Gasteiger partial charge in [0.15, 0.2) is 0 Å². The molecule has 2 aromatic rings. The van der Waals surface area contributed by atoms with Gasteiger partial charge in [-0.15, -0.1) is 11.3 Å². The van der Waals surface area contributed by atoms with Gasteiger partial charge in [0.05, 0.1) is 0 Å². The number of rotatable bonds is 1. The van der Waals surface area contributed by atoms with E-state index in [4.69, 9.17) is 0 Å². The topological polar surface area (TPSA) is 12.0 Å². The van der Waals surface area contributed by atoms with Gasteiger partial charge in [-0.3, -0.25) is 0 Å². The van der Waals surface area contributed by atoms with Crippen LogP contribution in [0.3, 0.4) is 0 Å². The Bertz CT molecular complexity index is 534. The lowest BCUT2D eigenvalue weighted by atomic mass is 9.82. The summed E-state index contributed by atoms with van der Waals surface area (Å²) in [6.07, 6.45) is 1.11. The largest absolute Gasteiger partial charge is 0.316 e. The lowest BCUT2D eigenvalue weighted by molar-refractivity contribution is 0.350. The summed E-state index contributed by atoms with van der Waals surface area (Å²) in [6, 6.07) is 5.39. The number of hydrogen-bond donors (Lipinski definition) is 1. The Morgan fingerprint density at radius 3 is 3.12 bits per heavy atom. The molecule has 0 unspecified atom stereocenters. The minimum Gasteiger partial charge on any atom is -0.316 e. The number of nitrogens with one attached hydrogen (secondary N) is 1. The van der Waals surface area contributed by atoms with E-state index in [1.54, 1.807) is 23.5 Å². The highest BCUT2D eigenvalue weighted by atomic mass is 32.1. The summed E-state index contributed by atoms with van der Waals surface area (Å²) in [4.78, 5) is 0. The molecule has 0 spiro atoms. The third kappa shape index (κ3) is 1.98. The van der Waals surface area contributed by atoms with Gasteiger partial charge in [0.1, 0.15) is 5.82 Å². The highest BCUT2D eigenvalue weighted by Crippen LogP contribution is 2.37. The summed E-state index contributed by atoms with van der Waals surface area (Å²) in [6.45, 7) is 4.33. The molecule has 2 heterocycles. The standard InChI is InChI=1S/C14H16FNS/c1-9-8-16-4-2-12(9)13-7-11(15)6-10-3-5-17-14(10)13/h3,5-7,9,12,16H,2,4,8H2,1H3/t9-,12+/m0/s1. The maximum absolute atomic E-state index is 13.6. The molecular formula is C14H16FNS. The molecule has 0 radical (unpaired) electrons. The lowest BCUT2D eigenvalue weighted by Crippen LogP contribution is -2.33. The minimum atomic E-state index is -0.100. The Morgan fingerprint density at radius 2 is 2.29 bits per heavy atom. The normalized spacial score (nSPS) is 25.3. The number of benzene rings is 1. The van der Waals surface area contributed by atoms with Gasteiger partial charge in [-0.05, 0) is 65.9 Å². The van der Waals surface area contributed by atoms with Crippen LogP contribution in [0.5, 0.6) is 0 Å². The first-order chi connectivity index (χ1) is 8.25. The van der Waals surface area contributed by atoms with Gasteiger partial charge in [-0.25, -0.2) is 4.39 Å². The molecular weight excluding hydrogens is 233 g/mol. The predicted molar refractivity (Wildman–Crippen MR) is 71.2 cm³/mol. The second-order valence-electron chi connectivity index (χ2n) is 4.91. The van der Waals surface area contributed by atoms with Crippen LogP contribution in [0.2, 0.25) is 0 Å². The molecule has 2 atom stereocenters. The van der Waals surface area contributed by atoms with Gasteiger partial charge < -0.3 is 5.32 Å². The van der Waals surface area contributed by atoms with Crippen molar-refractivity contribution in [2.45, 2.75) is 19.3 Å². The van der Waals surface area contributed by atoms with Crippen LogP contribution in [0, 0.1) is 11.7 Å². The number of halogens is 1. The molecule has 3 rings (SSSR count). The van der Waals surface area contributed by atoms with Crippen LogP contribution in [0.4, 0.5) is 4.39 Å². The molecule has 0 amide bonds. The molecule has 0 aliphatic carbocycles. The first-order valence-electron chi connectivity index (χ1n) is 6.13. The Kier molecular flexibility index (Phi) is 2.89. The SMILES string of the molecule is C[C@H]1CNCC[C@H]1c1cc(F)cc2ccsc12. The van der Waals surface area contributed by atoms with Gasteiger partial charge in [0.25, 0.3) is 0 Å². The van der Waals surface area contributed by atoms with E-state index in [2.05, 4.69) is 17.6 Å². The fourth-order valence-electron chi connectivity index (χ4n) is 2.82. The third-order valence-electron chi connectivity index (χ3n) is 3.73. The predicted octanol–water partition coefficient (Wildman–Crippen LogP) is 3.75. The van der Waals surface area contributed by atoms with E-state index in [9.17, 15) is 4.39 Å². The molecule has 0 saturated carbocycles. The van der Waals surface area contributed by atoms with Crippen LogP contribution in [0.1, 0.15) is 24.8 Å². The van der Waals surface area contributed by atoms with Crippen molar-refractivity contribution in [3.8, 4) is 0 Å². The molecule has 1 nitrogen and oxygen atoms in total. The van der Waals surface area contributed by atoms with Gasteiger partial charge in [-0.1, -0.05) is 6.92 Å². The van der Waals surface area contributed by atoms with E-state index in [1.165, 1.54) is 10.3 Å². The first-order valence-corrected chi connectivity index (χ1v) is 7.01. The summed E-state index contributed by atoms with van der Waals surface area (Å²) < 4.78 is 14.9. The van der Waals surface area contributed by atoms with E-state index < -0.39 is 0 Å². The highest BCUT2D eigenvalue weighted by Gasteiger charge is 2.25. The molecule has 90 valence electrons. The van der Waals surface area contributed by atoms with Crippen molar-refractivity contribution in [2.75, 3.05) is 13.1 Å². The molecule has 1 aliphatic rings. The Balaban J connectivity index is 2.11. The molecule has 17 heavy (non-hydrogen) atoms. The summed E-state index contributed by atoms with van der Waals surface area (Å²) in [5.41, 5.74) is 1.21. The fraction of sp³-hybridized carbons (Fsp3) is 0.429. The number of thiophene rings is 1. The van der Waals surface area contributed by atoms with Crippen molar-refractivity contribution in [3.63, 3.8) is 0 Å². The van der Waals surface area contributed by atoms with Crippen molar-refractivity contribution in [1.29, 1.82) is 0 Å². The van der Waals surface area contributed by atoms with Crippen molar-refractivity contribution >= 4 is 21.4 Å². The van der Waals surface area contributed by atoms with Crippen molar-refractivity contribution < 1.29 is 4.39 Å². The third-order valence-corrected chi connectivity index (χ3v) is 4.71. The molecule has 1 saturated heterocycles. The van der Waals surface area contributed by atoms with E-state index >= 15 is 0 Å². The molecule has 3 heteroatoms. The first kappa shape index (κ1) is 11.2. The van der Waals surface area contributed by atoms with Crippen LogP contribution >= 0.6 is 11.3 Å². The van der Waals surface area contributed by atoms with Crippen LogP contribution in [0.15, 0.2) is 23.6 Å². The van der Waals surface area contributed by atoms with Crippen LogP contribution < -0.4 is 5.32 Å². The van der Waals surface area contributed by atoms with Gasteiger partial charge in [-0.2, -0.15) is 0 Å². The van der Waals surface area contributed by atoms with Crippen molar-refractivity contribution in [2.24, 2.45) is 5.92 Å². The van der Waals surface area contributed by atoms with E-state index in [-0.39, 0.29) is 5.82 Å². The lowest BCUT2D eigenvalue weighted by Gasteiger charge is -2.30. The van der Waals surface area contributed by atoms with Gasteiger partial charge in [0.2, 0.25) is 0 Å². The Hall–Kier alpha value is -0.930. The minimum absolute atomic E-state index is 0.100. The molecule has 0 bridgehead atoms. The second-order valence-corrected chi connectivity index (χ2v) is 5.83. The van der Waals surface area contributed by atoms with Gasteiger partial charge >= 0.3 is 0 Å². The summed E-state index contributed by atoms with van der Waals surface area (Å²) in [7, 11) is 0. The quantitative estimate of drug-likeness (QED) is 0.811. The smallest absolute Gasteiger partial charge is 0.124 e. The average molecular weight is 249 g/mol. The number of piperidine rings is 1. The van der Waals surface area contributed by atoms with E-state index in [1.807, 2.05) is 6.07 Å². The zero-order valence-electron chi connectivity index (χ0n) is 9.87. The highest BCUT2D eigenvalue weighted by molar-refractivity contribution is 7.17. The van der Waals surface area contributed by atoms with Crippen molar-refractivity contribution in [1.82, 2.24) is 5.32 Å². The second kappa shape index (κ2) is 4.39. The average Bonchev–Trinajstić information content (AvgIpc) is 2.76. The van der Waals surface area contributed by atoms with Crippen LogP contribution in [-0.2, 0) is 0 Å². The van der Waals surface area contributed by atoms with E-state index in [0.717, 1.165) is 24.9 Å². The maximum Gasteiger partial charge on any atom is 0.124 e. The van der Waals surface area contributed by atoms with Crippen molar-refractivity contribution in [3.05, 3.63) is 35.0 Å². The summed E-state index contributed by atoms with van der Waals surface area (Å²) in [5, 5.41) is 6.51. The monoisotopic (exact) mass is 249 g/mol. The zero-order valence-corrected chi connectivity index (χ0v) is 10.7. The summed E-state index contributed by atoms with van der Waals surface area (Å²) >= 11 is 1.73. The summed E-state index contributed by atoms with van der Waals surface area (Å²) in [5.74, 6) is 0.973. The fourth-order valence-corrected chi connectivity index (χ4v) is 3.78. The molecule has 1 fully saturated rings. The zero-order chi connectivity index (χ0) is 11.8. The molecule has 1 N–H and O–H groups in total. The number of hydrogen-bond acceptors (Lipinski definition) is 2. The Morgan fingerprint density at radius 1 is 1.41 bits per heavy atom. The van der Waals surface area contributed by atoms with Gasteiger partial charge in [0, 0.05) is 4.70 Å². The van der Waals surface area contributed by atoms with Crippen LogP contribution in [0.25, 0.3) is 10.1 Å². The molecule has 1 aromatic heterocycles. The van der Waals surface area contributed by atoms with E-state index in [0.29, 0.717) is 11.8 Å². The maximum atomic E-state index is 13.6. The molecule has 1 aromatic carbocycles. The van der Waals surface area contributed by atoms with Crippen LogP contribution in [-0.4, -0.2) is 13.1 Å².